The molecule has 4 heterocycles. The van der Waals surface area contributed by atoms with Crippen LogP contribution in [0.1, 0.15) is 49.8 Å². The van der Waals surface area contributed by atoms with Crippen molar-refractivity contribution >= 4 is 40.1 Å². The molecule has 174 valence electrons. The number of aryl methyl sites for hydroxylation is 2. The minimum Gasteiger partial charge on any atom is -0.341 e. The number of rotatable bonds is 5. The van der Waals surface area contributed by atoms with Gasteiger partial charge < -0.3 is 10.2 Å². The van der Waals surface area contributed by atoms with Crippen molar-refractivity contribution in [3.8, 4) is 0 Å². The van der Waals surface area contributed by atoms with E-state index in [1.807, 2.05) is 19.9 Å². The molecule has 9 nitrogen and oxygen atoms in total. The van der Waals surface area contributed by atoms with Crippen LogP contribution in [0.5, 0.6) is 0 Å². The first-order chi connectivity index (χ1) is 16.4. The second-order valence-corrected chi connectivity index (χ2v) is 9.69. The SMILES string of the molecule is Cc1cc(C)nc(N2CCC(C(=O)Nc3ncc(CN4C(=O)c5ccccc5C4=O)s3)CC2)n1. The highest BCUT2D eigenvalue weighted by Crippen LogP contribution is 2.28. The zero-order chi connectivity index (χ0) is 23.8. The zero-order valence-electron chi connectivity index (χ0n) is 18.9. The van der Waals surface area contributed by atoms with Crippen molar-refractivity contribution in [1.82, 2.24) is 19.9 Å². The van der Waals surface area contributed by atoms with Gasteiger partial charge in [-0.3, -0.25) is 19.3 Å². The first-order valence-electron chi connectivity index (χ1n) is 11.2. The Kier molecular flexibility index (Phi) is 5.82. The van der Waals surface area contributed by atoms with Crippen molar-refractivity contribution in [3.63, 3.8) is 0 Å². The van der Waals surface area contributed by atoms with E-state index in [1.54, 1.807) is 30.5 Å². The molecular weight excluding hydrogens is 452 g/mol. The van der Waals surface area contributed by atoms with Crippen LogP contribution in [0.2, 0.25) is 0 Å². The highest BCUT2D eigenvalue weighted by molar-refractivity contribution is 7.15. The summed E-state index contributed by atoms with van der Waals surface area (Å²) in [6, 6.07) is 8.75. The Hall–Kier alpha value is -3.66. The second-order valence-electron chi connectivity index (χ2n) is 8.58. The number of piperidine rings is 1. The molecule has 1 fully saturated rings. The molecular formula is C24H24N6O3S. The van der Waals surface area contributed by atoms with Crippen LogP contribution in [0.15, 0.2) is 36.5 Å². The molecule has 0 atom stereocenters. The molecule has 5 rings (SSSR count). The summed E-state index contributed by atoms with van der Waals surface area (Å²) in [5.41, 5.74) is 2.71. The van der Waals surface area contributed by atoms with E-state index in [1.165, 1.54) is 16.2 Å². The zero-order valence-corrected chi connectivity index (χ0v) is 19.8. The van der Waals surface area contributed by atoms with E-state index in [2.05, 4.69) is 25.2 Å². The standard InChI is InChI=1S/C24H24N6O3S/c1-14-11-15(2)27-23(26-14)29-9-7-16(8-10-29)20(31)28-24-25-12-17(34-24)13-30-21(32)18-5-3-4-6-19(18)22(30)33/h3-6,11-12,16H,7-10,13H2,1-2H3,(H,25,28,31). The highest BCUT2D eigenvalue weighted by atomic mass is 32.1. The van der Waals surface area contributed by atoms with Crippen LogP contribution in [0.25, 0.3) is 0 Å². The fraction of sp³-hybridized carbons (Fsp3) is 0.333. The lowest BCUT2D eigenvalue weighted by atomic mass is 9.96. The third-order valence-electron chi connectivity index (χ3n) is 6.09. The summed E-state index contributed by atoms with van der Waals surface area (Å²) in [6.45, 7) is 5.46. The van der Waals surface area contributed by atoms with Crippen LogP contribution in [0.3, 0.4) is 0 Å². The fourth-order valence-corrected chi connectivity index (χ4v) is 5.18. The molecule has 2 aromatic heterocycles. The number of carbonyl (C=O) groups excluding carboxylic acids is 3. The molecule has 1 aromatic carbocycles. The van der Waals surface area contributed by atoms with Gasteiger partial charge in [0.2, 0.25) is 11.9 Å². The molecule has 0 radical (unpaired) electrons. The number of imide groups is 1. The van der Waals surface area contributed by atoms with Gasteiger partial charge in [0.05, 0.1) is 17.7 Å². The maximum atomic E-state index is 12.8. The summed E-state index contributed by atoms with van der Waals surface area (Å²) in [5, 5.41) is 3.37. The number of nitrogens with one attached hydrogen (secondary N) is 1. The number of nitrogens with zero attached hydrogens (tertiary/aromatic N) is 5. The maximum Gasteiger partial charge on any atom is 0.261 e. The van der Waals surface area contributed by atoms with Crippen LogP contribution in [-0.2, 0) is 11.3 Å². The van der Waals surface area contributed by atoms with Gasteiger partial charge >= 0.3 is 0 Å². The Bertz CT molecular complexity index is 1230. The normalized spacial score (nSPS) is 16.2. The smallest absolute Gasteiger partial charge is 0.261 e. The number of carbonyl (C=O) groups is 3. The van der Waals surface area contributed by atoms with Crippen molar-refractivity contribution in [3.05, 3.63) is 63.9 Å². The number of amides is 3. The van der Waals surface area contributed by atoms with Gasteiger partial charge in [0.15, 0.2) is 5.13 Å². The van der Waals surface area contributed by atoms with Crippen LogP contribution in [0.4, 0.5) is 11.1 Å². The Morgan fingerprint density at radius 1 is 1.06 bits per heavy atom. The molecule has 1 saturated heterocycles. The van der Waals surface area contributed by atoms with Gasteiger partial charge in [-0.05, 0) is 44.9 Å². The first-order valence-corrected chi connectivity index (χ1v) is 12.0. The van der Waals surface area contributed by atoms with Gasteiger partial charge in [-0.25, -0.2) is 15.0 Å². The van der Waals surface area contributed by atoms with Gasteiger partial charge in [-0.2, -0.15) is 0 Å². The van der Waals surface area contributed by atoms with Crippen molar-refractivity contribution < 1.29 is 14.4 Å². The summed E-state index contributed by atoms with van der Waals surface area (Å²) in [7, 11) is 0. The summed E-state index contributed by atoms with van der Waals surface area (Å²) < 4.78 is 0. The van der Waals surface area contributed by atoms with E-state index < -0.39 is 0 Å². The van der Waals surface area contributed by atoms with Gasteiger partial charge in [-0.1, -0.05) is 23.5 Å². The quantitative estimate of drug-likeness (QED) is 0.563. The van der Waals surface area contributed by atoms with E-state index in [4.69, 9.17) is 0 Å². The molecule has 2 aliphatic rings. The lowest BCUT2D eigenvalue weighted by Gasteiger charge is -2.31. The second kappa shape index (κ2) is 8.94. The molecule has 0 unspecified atom stereocenters. The fourth-order valence-electron chi connectivity index (χ4n) is 4.37. The predicted molar refractivity (Wildman–Crippen MR) is 128 cm³/mol. The summed E-state index contributed by atoms with van der Waals surface area (Å²) in [5.74, 6) is -0.0827. The molecule has 0 spiro atoms. The number of hydrogen-bond acceptors (Lipinski definition) is 8. The number of aromatic nitrogens is 3. The van der Waals surface area contributed by atoms with Crippen molar-refractivity contribution in [2.45, 2.75) is 33.2 Å². The molecule has 3 amide bonds. The number of anilines is 2. The van der Waals surface area contributed by atoms with E-state index in [0.29, 0.717) is 48.1 Å². The third-order valence-corrected chi connectivity index (χ3v) is 6.99. The van der Waals surface area contributed by atoms with E-state index in [0.717, 1.165) is 16.3 Å². The largest absolute Gasteiger partial charge is 0.341 e. The molecule has 0 aliphatic carbocycles. The van der Waals surface area contributed by atoms with Crippen LogP contribution in [0, 0.1) is 19.8 Å². The Balaban J connectivity index is 1.17. The van der Waals surface area contributed by atoms with Crippen LogP contribution in [-0.4, -0.2) is 50.7 Å². The van der Waals surface area contributed by atoms with Gasteiger partial charge in [-0.15, -0.1) is 0 Å². The Morgan fingerprint density at radius 3 is 2.29 bits per heavy atom. The maximum absolute atomic E-state index is 12.8. The highest BCUT2D eigenvalue weighted by Gasteiger charge is 2.35. The minimum absolute atomic E-state index is 0.0670. The van der Waals surface area contributed by atoms with Gasteiger partial charge in [0, 0.05) is 41.5 Å². The molecule has 3 aromatic rings. The topological polar surface area (TPSA) is 108 Å². The number of fused-ring (bicyclic) bond motifs is 1. The van der Waals surface area contributed by atoms with E-state index in [-0.39, 0.29) is 30.2 Å². The van der Waals surface area contributed by atoms with Gasteiger partial charge in [0.25, 0.3) is 11.8 Å². The average Bonchev–Trinajstić information content (AvgIpc) is 3.36. The number of benzene rings is 1. The lowest BCUT2D eigenvalue weighted by molar-refractivity contribution is -0.120. The summed E-state index contributed by atoms with van der Waals surface area (Å²) >= 11 is 1.28. The average molecular weight is 477 g/mol. The van der Waals surface area contributed by atoms with Gasteiger partial charge in [0.1, 0.15) is 0 Å². The lowest BCUT2D eigenvalue weighted by Crippen LogP contribution is -2.39. The Morgan fingerprint density at radius 2 is 1.68 bits per heavy atom. The molecule has 0 saturated carbocycles. The molecule has 2 aliphatic heterocycles. The summed E-state index contributed by atoms with van der Waals surface area (Å²) in [6.07, 6.45) is 3.01. The van der Waals surface area contributed by atoms with Crippen molar-refractivity contribution in [1.29, 1.82) is 0 Å². The van der Waals surface area contributed by atoms with Crippen molar-refractivity contribution in [2.75, 3.05) is 23.3 Å². The Labute approximate surface area is 200 Å². The molecule has 34 heavy (non-hydrogen) atoms. The number of hydrogen-bond donors (Lipinski definition) is 1. The third kappa shape index (κ3) is 4.28. The molecule has 10 heteroatoms. The van der Waals surface area contributed by atoms with E-state index in [9.17, 15) is 14.4 Å². The monoisotopic (exact) mass is 476 g/mol. The predicted octanol–water partition coefficient (Wildman–Crippen LogP) is 3.20. The molecule has 0 bridgehead atoms. The van der Waals surface area contributed by atoms with Crippen molar-refractivity contribution in [2.24, 2.45) is 5.92 Å². The van der Waals surface area contributed by atoms with Crippen LogP contribution < -0.4 is 10.2 Å². The molecule has 1 N–H and O–H groups in total. The minimum atomic E-state index is -0.306. The number of thiazole rings is 1. The first kappa shape index (κ1) is 22.1. The van der Waals surface area contributed by atoms with Crippen LogP contribution >= 0.6 is 11.3 Å². The van der Waals surface area contributed by atoms with E-state index >= 15 is 0 Å². The summed E-state index contributed by atoms with van der Waals surface area (Å²) in [4.78, 5) is 55.3.